The standard InChI is InChI=1S/C63H44N2O/c1-63(2)57-22-12-13-23-59(57)65(60-40-62-56(39-58(60)63)53-21-11-14-24-61(53)66-62)48-34-36-52-51-35-33-47(37-54(51)49-19-9-10-20-50(49)55(52)38-48)64(45-29-25-43(26-30-45)41-15-5-3-6-16-41)46-31-27-44(28-32-46)42-17-7-4-8-18-42/h3-40H,1-2H3. The van der Waals surface area contributed by atoms with E-state index in [0.717, 1.165) is 50.4 Å². The summed E-state index contributed by atoms with van der Waals surface area (Å²) in [6.45, 7) is 4.70. The van der Waals surface area contributed by atoms with Crippen LogP contribution in [0.4, 0.5) is 34.1 Å². The molecular formula is C63H44N2O. The molecule has 0 aliphatic carbocycles. The SMILES string of the molecule is CC1(C)c2ccccc2N(c2ccc3c4ccc(N(c5ccc(-c6ccccc6)cc5)c5ccc(-c6ccccc6)cc5)cc4c4ccccc4c3c2)c2cc3oc4ccccc4c3cc21. The Morgan fingerprint density at radius 3 is 1.48 bits per heavy atom. The van der Waals surface area contributed by atoms with Crippen molar-refractivity contribution in [2.45, 2.75) is 19.3 Å². The van der Waals surface area contributed by atoms with Crippen LogP contribution in [0, 0.1) is 0 Å². The van der Waals surface area contributed by atoms with Crippen molar-refractivity contribution in [2.24, 2.45) is 0 Å². The van der Waals surface area contributed by atoms with Gasteiger partial charge in [-0.3, -0.25) is 0 Å². The number of nitrogens with zero attached hydrogens (tertiary/aromatic N) is 2. The topological polar surface area (TPSA) is 19.6 Å². The first-order valence-corrected chi connectivity index (χ1v) is 22.8. The number of benzene rings is 11. The molecule has 0 spiro atoms. The zero-order valence-electron chi connectivity index (χ0n) is 36.7. The predicted octanol–water partition coefficient (Wildman–Crippen LogP) is 18.0. The summed E-state index contributed by atoms with van der Waals surface area (Å²) in [5.74, 6) is 0. The minimum Gasteiger partial charge on any atom is -0.456 e. The lowest BCUT2D eigenvalue weighted by Crippen LogP contribution is -2.30. The average Bonchev–Trinajstić information content (AvgIpc) is 3.75. The van der Waals surface area contributed by atoms with Crippen LogP contribution in [0.15, 0.2) is 235 Å². The molecule has 0 atom stereocenters. The molecule has 0 saturated carbocycles. The summed E-state index contributed by atoms with van der Waals surface area (Å²) < 4.78 is 6.53. The molecule has 0 amide bonds. The second-order valence-corrected chi connectivity index (χ2v) is 18.1. The molecule has 0 saturated heterocycles. The highest BCUT2D eigenvalue weighted by Gasteiger charge is 2.38. The van der Waals surface area contributed by atoms with E-state index in [4.69, 9.17) is 4.42 Å². The van der Waals surface area contributed by atoms with Crippen molar-refractivity contribution in [1.29, 1.82) is 0 Å². The van der Waals surface area contributed by atoms with Gasteiger partial charge >= 0.3 is 0 Å². The van der Waals surface area contributed by atoms with Gasteiger partial charge < -0.3 is 14.2 Å². The van der Waals surface area contributed by atoms with Crippen LogP contribution < -0.4 is 9.80 Å². The summed E-state index contributed by atoms with van der Waals surface area (Å²) in [5, 5.41) is 9.64. The minimum atomic E-state index is -0.228. The van der Waals surface area contributed by atoms with E-state index >= 15 is 0 Å². The second-order valence-electron chi connectivity index (χ2n) is 18.1. The molecule has 0 radical (unpaired) electrons. The molecule has 312 valence electrons. The van der Waals surface area contributed by atoms with Crippen molar-refractivity contribution in [3.8, 4) is 22.3 Å². The number of rotatable bonds is 6. The average molecular weight is 845 g/mol. The van der Waals surface area contributed by atoms with Crippen molar-refractivity contribution in [3.05, 3.63) is 242 Å². The maximum Gasteiger partial charge on any atom is 0.137 e. The van der Waals surface area contributed by atoms with Gasteiger partial charge in [-0.1, -0.05) is 172 Å². The fraction of sp³-hybridized carbons (Fsp3) is 0.0476. The van der Waals surface area contributed by atoms with E-state index < -0.39 is 0 Å². The van der Waals surface area contributed by atoms with E-state index in [1.807, 2.05) is 6.07 Å². The Labute approximate surface area is 384 Å². The van der Waals surface area contributed by atoms with Crippen molar-refractivity contribution < 1.29 is 4.42 Å². The smallest absolute Gasteiger partial charge is 0.137 e. The van der Waals surface area contributed by atoms with Crippen LogP contribution in [0.1, 0.15) is 25.0 Å². The van der Waals surface area contributed by atoms with Crippen LogP contribution in [0.25, 0.3) is 76.5 Å². The molecule has 11 aromatic carbocycles. The van der Waals surface area contributed by atoms with E-state index in [0.29, 0.717) is 0 Å². The van der Waals surface area contributed by atoms with E-state index in [2.05, 4.69) is 248 Å². The Morgan fingerprint density at radius 2 is 0.833 bits per heavy atom. The number of hydrogen-bond acceptors (Lipinski definition) is 3. The Balaban J connectivity index is 0.978. The molecule has 66 heavy (non-hydrogen) atoms. The van der Waals surface area contributed by atoms with Crippen molar-refractivity contribution in [2.75, 3.05) is 9.80 Å². The third-order valence-corrected chi connectivity index (χ3v) is 14.0. The van der Waals surface area contributed by atoms with E-state index in [9.17, 15) is 0 Å². The molecule has 2 heterocycles. The summed E-state index contributed by atoms with van der Waals surface area (Å²) in [4.78, 5) is 4.84. The molecule has 0 N–H and O–H groups in total. The molecule has 0 unspecified atom stereocenters. The van der Waals surface area contributed by atoms with Crippen LogP contribution in [-0.2, 0) is 5.41 Å². The van der Waals surface area contributed by atoms with Gasteiger partial charge in [-0.05, 0) is 132 Å². The van der Waals surface area contributed by atoms with Gasteiger partial charge in [0.05, 0.1) is 11.4 Å². The highest BCUT2D eigenvalue weighted by atomic mass is 16.3. The monoisotopic (exact) mass is 844 g/mol. The molecule has 1 aromatic heterocycles. The zero-order valence-corrected chi connectivity index (χ0v) is 36.7. The molecule has 1 aliphatic rings. The maximum atomic E-state index is 6.53. The molecule has 3 heteroatoms. The number of hydrogen-bond donors (Lipinski definition) is 0. The van der Waals surface area contributed by atoms with Crippen LogP contribution in [-0.4, -0.2) is 0 Å². The van der Waals surface area contributed by atoms with Crippen LogP contribution in [0.2, 0.25) is 0 Å². The molecular weight excluding hydrogens is 801 g/mol. The van der Waals surface area contributed by atoms with Gasteiger partial charge in [0, 0.05) is 45.0 Å². The van der Waals surface area contributed by atoms with Crippen LogP contribution >= 0.6 is 0 Å². The van der Waals surface area contributed by atoms with E-state index in [1.54, 1.807) is 0 Å². The van der Waals surface area contributed by atoms with Crippen molar-refractivity contribution in [1.82, 2.24) is 0 Å². The Morgan fingerprint density at radius 1 is 0.333 bits per heavy atom. The summed E-state index contributed by atoms with van der Waals surface area (Å²) in [5.41, 5.74) is 15.7. The third-order valence-electron chi connectivity index (χ3n) is 14.0. The molecule has 13 rings (SSSR count). The van der Waals surface area contributed by atoms with E-state index in [-0.39, 0.29) is 5.41 Å². The first kappa shape index (κ1) is 38.1. The third kappa shape index (κ3) is 5.97. The highest BCUT2D eigenvalue weighted by molar-refractivity contribution is 6.26. The number of fused-ring (bicyclic) bond motifs is 11. The molecule has 0 fully saturated rings. The quantitative estimate of drug-likeness (QED) is 0.156. The molecule has 3 nitrogen and oxygen atoms in total. The first-order valence-electron chi connectivity index (χ1n) is 22.8. The number of anilines is 6. The van der Waals surface area contributed by atoms with Gasteiger partial charge in [0.2, 0.25) is 0 Å². The van der Waals surface area contributed by atoms with Crippen LogP contribution in [0.3, 0.4) is 0 Å². The molecule has 12 aromatic rings. The van der Waals surface area contributed by atoms with Gasteiger partial charge in [-0.15, -0.1) is 0 Å². The van der Waals surface area contributed by atoms with Crippen molar-refractivity contribution in [3.63, 3.8) is 0 Å². The maximum absolute atomic E-state index is 6.53. The van der Waals surface area contributed by atoms with Crippen LogP contribution in [0.5, 0.6) is 0 Å². The van der Waals surface area contributed by atoms with Gasteiger partial charge in [-0.2, -0.15) is 0 Å². The molecule has 0 bridgehead atoms. The predicted molar refractivity (Wildman–Crippen MR) is 279 cm³/mol. The normalized spacial score (nSPS) is 13.1. The Bertz CT molecular complexity index is 3730. The minimum absolute atomic E-state index is 0.228. The highest BCUT2D eigenvalue weighted by Crippen LogP contribution is 2.54. The summed E-state index contributed by atoms with van der Waals surface area (Å²) in [6.07, 6.45) is 0. The lowest BCUT2D eigenvalue weighted by molar-refractivity contribution is 0.630. The zero-order chi connectivity index (χ0) is 43.9. The first-order chi connectivity index (χ1) is 32.5. The number of furan rings is 1. The summed E-state index contributed by atoms with van der Waals surface area (Å²) in [6, 6.07) is 84.0. The lowest BCUT2D eigenvalue weighted by atomic mass is 9.73. The summed E-state index contributed by atoms with van der Waals surface area (Å²) in [7, 11) is 0. The number of para-hydroxylation sites is 2. The largest absolute Gasteiger partial charge is 0.456 e. The fourth-order valence-electron chi connectivity index (χ4n) is 10.7. The van der Waals surface area contributed by atoms with Gasteiger partial charge in [0.15, 0.2) is 0 Å². The lowest BCUT2D eigenvalue weighted by Gasteiger charge is -2.42. The second kappa shape index (κ2) is 14.8. The van der Waals surface area contributed by atoms with Gasteiger partial charge in [-0.25, -0.2) is 0 Å². The van der Waals surface area contributed by atoms with Crippen molar-refractivity contribution >= 4 is 88.4 Å². The molecule has 1 aliphatic heterocycles. The Kier molecular flexibility index (Phi) is 8.56. The van der Waals surface area contributed by atoms with Gasteiger partial charge in [0.25, 0.3) is 0 Å². The van der Waals surface area contributed by atoms with Gasteiger partial charge in [0.1, 0.15) is 11.2 Å². The summed E-state index contributed by atoms with van der Waals surface area (Å²) >= 11 is 0. The Hall–Kier alpha value is -8.40. The van der Waals surface area contributed by atoms with E-state index in [1.165, 1.54) is 71.4 Å². The fourth-order valence-corrected chi connectivity index (χ4v) is 10.7.